The highest BCUT2D eigenvalue weighted by Crippen LogP contribution is 2.45. The molecule has 0 aliphatic heterocycles. The zero-order valence-corrected chi connectivity index (χ0v) is 29.1. The van der Waals surface area contributed by atoms with Gasteiger partial charge in [0.05, 0.1) is 0 Å². The monoisotopic (exact) mass is 644 g/mol. The molecule has 1 heterocycles. The molecule has 1 aromatic heterocycles. The quantitative estimate of drug-likeness (QED) is 0.141. The fourth-order valence-corrected chi connectivity index (χ4v) is 6.95. The Labute approximate surface area is 294 Å². The molecule has 0 fully saturated rings. The molecule has 50 heavy (non-hydrogen) atoms. The van der Waals surface area contributed by atoms with E-state index in [0.717, 1.165) is 33.3 Å². The van der Waals surface area contributed by atoms with Crippen molar-refractivity contribution in [3.8, 4) is 44.8 Å². The third kappa shape index (κ3) is 5.90. The Morgan fingerprint density at radius 2 is 0.780 bits per heavy atom. The first-order valence-electron chi connectivity index (χ1n) is 17.7. The lowest BCUT2D eigenvalue weighted by molar-refractivity contribution is 1.19. The van der Waals surface area contributed by atoms with E-state index < -0.39 is 0 Å². The summed E-state index contributed by atoms with van der Waals surface area (Å²) in [5.41, 5.74) is 7.96. The molecule has 0 amide bonds. The van der Waals surface area contributed by atoms with Gasteiger partial charge in [-0.15, -0.1) is 0 Å². The summed E-state index contributed by atoms with van der Waals surface area (Å²) in [5, 5.41) is 9.69. The Bertz CT molecular complexity index is 2550. The summed E-state index contributed by atoms with van der Waals surface area (Å²) in [7, 11) is 0. The summed E-state index contributed by atoms with van der Waals surface area (Å²) >= 11 is 0. The zero-order chi connectivity index (χ0) is 34.5. The number of aromatic nitrogens is 2. The maximum absolute atomic E-state index is 4.97. The van der Waals surface area contributed by atoms with Crippen molar-refractivity contribution in [3.63, 3.8) is 0 Å². The van der Waals surface area contributed by atoms with Gasteiger partial charge in [-0.3, -0.25) is 0 Å². The number of nitrogens with zero attached hydrogens (tertiary/aromatic N) is 2. The minimum absolute atomic E-state index is 0.727. The summed E-state index contributed by atoms with van der Waals surface area (Å²) in [6, 6.07) is 56.5. The third-order valence-corrected chi connectivity index (χ3v) is 9.15. The lowest BCUT2D eigenvalue weighted by Gasteiger charge is -2.18. The van der Waals surface area contributed by atoms with Crippen LogP contribution in [0, 0.1) is 0 Å². The second-order valence-corrected chi connectivity index (χ2v) is 11.8. The summed E-state index contributed by atoms with van der Waals surface area (Å²) in [4.78, 5) is 9.93. The minimum Gasteiger partial charge on any atom is -0.236 e. The van der Waals surface area contributed by atoms with Crippen molar-refractivity contribution in [1.29, 1.82) is 0 Å². The van der Waals surface area contributed by atoms with Crippen LogP contribution in [0.3, 0.4) is 0 Å². The fourth-order valence-electron chi connectivity index (χ4n) is 6.95. The summed E-state index contributed by atoms with van der Waals surface area (Å²) in [6.07, 6.45) is 3.89. The topological polar surface area (TPSA) is 25.8 Å². The Morgan fingerprint density at radius 3 is 1.46 bits per heavy atom. The van der Waals surface area contributed by atoms with E-state index in [0.29, 0.717) is 0 Å². The molecule has 9 rings (SSSR count). The average Bonchev–Trinajstić information content (AvgIpc) is 3.21. The van der Waals surface area contributed by atoms with Crippen molar-refractivity contribution in [2.24, 2.45) is 0 Å². The Balaban J connectivity index is 0.000000948. The van der Waals surface area contributed by atoms with E-state index in [1.165, 1.54) is 54.6 Å². The van der Waals surface area contributed by atoms with Crippen molar-refractivity contribution >= 4 is 43.1 Å². The van der Waals surface area contributed by atoms with Gasteiger partial charge in [-0.25, -0.2) is 9.97 Å². The van der Waals surface area contributed by atoms with E-state index in [1.807, 2.05) is 58.3 Å². The van der Waals surface area contributed by atoms with Gasteiger partial charge < -0.3 is 0 Å². The molecule has 0 N–H and O–H groups in total. The number of fused-ring (bicyclic) bond motifs is 5. The molecule has 0 atom stereocenters. The van der Waals surface area contributed by atoms with Gasteiger partial charge in [0, 0.05) is 23.5 Å². The molecule has 0 bridgehead atoms. The highest BCUT2D eigenvalue weighted by molar-refractivity contribution is 6.22. The summed E-state index contributed by atoms with van der Waals surface area (Å²) in [6.45, 7) is 8.00. The molecule has 2 nitrogen and oxygen atoms in total. The predicted octanol–water partition coefficient (Wildman–Crippen LogP) is 13.8. The molecule has 9 aromatic rings. The molecule has 0 saturated carbocycles. The van der Waals surface area contributed by atoms with Crippen LogP contribution >= 0.6 is 0 Å². The fraction of sp³-hybridized carbons (Fsp3) is 0.0833. The average molecular weight is 645 g/mol. The molecule has 0 aliphatic rings. The van der Waals surface area contributed by atoms with E-state index in [9.17, 15) is 0 Å². The van der Waals surface area contributed by atoms with E-state index in [4.69, 9.17) is 9.97 Å². The molecule has 0 radical (unpaired) electrons. The molecule has 0 unspecified atom stereocenters. The van der Waals surface area contributed by atoms with Crippen molar-refractivity contribution in [2.75, 3.05) is 0 Å². The van der Waals surface area contributed by atoms with Gasteiger partial charge in [-0.1, -0.05) is 173 Å². The molecule has 0 spiro atoms. The Kier molecular flexibility index (Phi) is 9.44. The number of hydrogen-bond acceptors (Lipinski definition) is 2. The standard InChI is InChI=1S/C44H28N2.2C2H6/c1-3-11-29(12-4-1)32-21-24-40-41(26-32)42(34-22-23-37-33(25-34)20-19-31-15-7-8-16-36(31)37)38-17-9-10-18-39(38)43(40)44-45-27-35(28-46-44)30-13-5-2-6-14-30;2*1-2/h1-28H;2*1-2H3. The van der Waals surface area contributed by atoms with E-state index in [2.05, 4.69) is 140 Å². The predicted molar refractivity (Wildman–Crippen MR) is 216 cm³/mol. The van der Waals surface area contributed by atoms with Crippen LogP contribution in [-0.4, -0.2) is 9.97 Å². The first-order valence-corrected chi connectivity index (χ1v) is 17.7. The van der Waals surface area contributed by atoms with Gasteiger partial charge >= 0.3 is 0 Å². The first kappa shape index (κ1) is 32.4. The van der Waals surface area contributed by atoms with Crippen molar-refractivity contribution in [3.05, 3.63) is 170 Å². The molecule has 2 heteroatoms. The molecular weight excluding hydrogens is 605 g/mol. The van der Waals surface area contributed by atoms with Crippen molar-refractivity contribution < 1.29 is 0 Å². The van der Waals surface area contributed by atoms with E-state index >= 15 is 0 Å². The van der Waals surface area contributed by atoms with Crippen LogP contribution in [-0.2, 0) is 0 Å². The van der Waals surface area contributed by atoms with Crippen LogP contribution in [0.4, 0.5) is 0 Å². The Hall–Kier alpha value is -6.12. The maximum Gasteiger partial charge on any atom is 0.160 e. The largest absolute Gasteiger partial charge is 0.236 e. The zero-order valence-electron chi connectivity index (χ0n) is 29.1. The van der Waals surface area contributed by atoms with Crippen LogP contribution in [0.1, 0.15) is 27.7 Å². The number of benzene rings is 8. The summed E-state index contributed by atoms with van der Waals surface area (Å²) in [5.74, 6) is 0.727. The molecular formula is C48H40N2. The number of hydrogen-bond donors (Lipinski definition) is 0. The van der Waals surface area contributed by atoms with Crippen LogP contribution in [0.2, 0.25) is 0 Å². The first-order chi connectivity index (χ1) is 24.8. The normalized spacial score (nSPS) is 10.8. The van der Waals surface area contributed by atoms with Gasteiger partial charge in [0.1, 0.15) is 0 Å². The highest BCUT2D eigenvalue weighted by Gasteiger charge is 2.19. The minimum atomic E-state index is 0.727. The third-order valence-electron chi connectivity index (χ3n) is 9.15. The smallest absolute Gasteiger partial charge is 0.160 e. The SMILES string of the molecule is CC.CC.c1ccc(-c2cnc(-c3c4ccccc4c(-c4ccc5c(ccc6ccccc65)c4)c4cc(-c5ccccc5)ccc34)nc2)cc1. The lowest BCUT2D eigenvalue weighted by atomic mass is 9.86. The van der Waals surface area contributed by atoms with Crippen molar-refractivity contribution in [2.45, 2.75) is 27.7 Å². The number of rotatable bonds is 4. The van der Waals surface area contributed by atoms with Gasteiger partial charge in [0.25, 0.3) is 0 Å². The summed E-state index contributed by atoms with van der Waals surface area (Å²) < 4.78 is 0. The Morgan fingerprint density at radius 1 is 0.300 bits per heavy atom. The van der Waals surface area contributed by atoms with Crippen LogP contribution < -0.4 is 0 Å². The molecule has 242 valence electrons. The van der Waals surface area contributed by atoms with Gasteiger partial charge in [-0.05, 0) is 83.0 Å². The second-order valence-electron chi connectivity index (χ2n) is 11.8. The van der Waals surface area contributed by atoms with Gasteiger partial charge in [0.15, 0.2) is 5.82 Å². The second kappa shape index (κ2) is 14.6. The van der Waals surface area contributed by atoms with Crippen LogP contribution in [0.5, 0.6) is 0 Å². The molecule has 0 saturated heterocycles. The highest BCUT2D eigenvalue weighted by atomic mass is 14.9. The van der Waals surface area contributed by atoms with E-state index in [-0.39, 0.29) is 0 Å². The van der Waals surface area contributed by atoms with Crippen molar-refractivity contribution in [1.82, 2.24) is 9.97 Å². The van der Waals surface area contributed by atoms with Gasteiger partial charge in [-0.2, -0.15) is 0 Å². The lowest BCUT2D eigenvalue weighted by Crippen LogP contribution is -1.95. The molecule has 8 aromatic carbocycles. The van der Waals surface area contributed by atoms with Crippen LogP contribution in [0.15, 0.2) is 170 Å². The van der Waals surface area contributed by atoms with Crippen LogP contribution in [0.25, 0.3) is 87.9 Å². The molecule has 0 aliphatic carbocycles. The maximum atomic E-state index is 4.97. The van der Waals surface area contributed by atoms with Gasteiger partial charge in [0.2, 0.25) is 0 Å². The van der Waals surface area contributed by atoms with E-state index in [1.54, 1.807) is 0 Å².